The predicted octanol–water partition coefficient (Wildman–Crippen LogP) is 1.36. The number of rotatable bonds is 10. The second-order valence-electron chi connectivity index (χ2n) is 6.60. The molecule has 156 valence electrons. The molecular weight excluding hydrogens is 362 g/mol. The molecule has 0 saturated carbocycles. The minimum Gasteiger partial charge on any atom is -0.379 e. The molecule has 2 amide bonds. The van der Waals surface area contributed by atoms with Gasteiger partial charge in [-0.1, -0.05) is 0 Å². The molecule has 1 unspecified atom stereocenters. The van der Waals surface area contributed by atoms with Crippen molar-refractivity contribution in [3.05, 3.63) is 24.3 Å². The van der Waals surface area contributed by atoms with E-state index in [1.807, 2.05) is 31.2 Å². The van der Waals surface area contributed by atoms with Crippen LogP contribution >= 0.6 is 0 Å². The number of anilines is 2. The number of benzene rings is 1. The maximum absolute atomic E-state index is 12.3. The molecule has 0 bridgehead atoms. The van der Waals surface area contributed by atoms with Gasteiger partial charge in [0.15, 0.2) is 0 Å². The average molecular weight is 393 g/mol. The number of likely N-dealkylation sites (N-methyl/N-ethyl adjacent to an activating group) is 1. The van der Waals surface area contributed by atoms with Crippen LogP contribution in [0.5, 0.6) is 0 Å². The van der Waals surface area contributed by atoms with Crippen molar-refractivity contribution in [1.82, 2.24) is 4.90 Å². The fraction of sp³-hybridized carbons (Fsp3) is 0.600. The van der Waals surface area contributed by atoms with Crippen molar-refractivity contribution in [2.24, 2.45) is 0 Å². The van der Waals surface area contributed by atoms with Crippen molar-refractivity contribution in [2.45, 2.75) is 20.0 Å². The average Bonchev–Trinajstić information content (AvgIpc) is 2.71. The SMILES string of the molecule is CCOCCOC(C)C(=O)N(C)CC(=O)Nc1ccc(N2CCOCC2)cc1. The van der Waals surface area contributed by atoms with Gasteiger partial charge in [0.25, 0.3) is 5.91 Å². The van der Waals surface area contributed by atoms with Crippen molar-refractivity contribution in [2.75, 3.05) is 69.9 Å². The molecule has 1 saturated heterocycles. The molecule has 1 heterocycles. The van der Waals surface area contributed by atoms with Crippen LogP contribution in [0.25, 0.3) is 0 Å². The number of morpholine rings is 1. The molecule has 0 radical (unpaired) electrons. The molecule has 1 aromatic carbocycles. The Labute approximate surface area is 166 Å². The molecule has 1 atom stereocenters. The number of carbonyl (C=O) groups is 2. The normalized spacial score (nSPS) is 15.2. The summed E-state index contributed by atoms with van der Waals surface area (Å²) in [5, 5.41) is 2.82. The number of nitrogens with one attached hydrogen (secondary N) is 1. The highest BCUT2D eigenvalue weighted by atomic mass is 16.5. The molecule has 1 N–H and O–H groups in total. The molecule has 0 spiro atoms. The first-order valence-corrected chi connectivity index (χ1v) is 9.68. The Morgan fingerprint density at radius 2 is 1.89 bits per heavy atom. The fourth-order valence-electron chi connectivity index (χ4n) is 2.88. The van der Waals surface area contributed by atoms with E-state index in [-0.39, 0.29) is 18.4 Å². The Kier molecular flexibility index (Phi) is 9.19. The van der Waals surface area contributed by atoms with Gasteiger partial charge in [-0.15, -0.1) is 0 Å². The third-order valence-corrected chi connectivity index (χ3v) is 4.43. The molecule has 1 fully saturated rings. The molecule has 0 aliphatic carbocycles. The lowest BCUT2D eigenvalue weighted by Gasteiger charge is -2.29. The summed E-state index contributed by atoms with van der Waals surface area (Å²) >= 11 is 0. The van der Waals surface area contributed by atoms with Crippen LogP contribution in [0, 0.1) is 0 Å². The summed E-state index contributed by atoms with van der Waals surface area (Å²) in [5.41, 5.74) is 1.80. The molecular formula is C20H31N3O5. The van der Waals surface area contributed by atoms with Gasteiger partial charge in [0.1, 0.15) is 6.10 Å². The van der Waals surface area contributed by atoms with Gasteiger partial charge in [-0.25, -0.2) is 0 Å². The van der Waals surface area contributed by atoms with Crippen LogP contribution in [0.3, 0.4) is 0 Å². The number of nitrogens with zero attached hydrogens (tertiary/aromatic N) is 2. The Balaban J connectivity index is 1.76. The van der Waals surface area contributed by atoms with Gasteiger partial charge in [0.2, 0.25) is 5.91 Å². The van der Waals surface area contributed by atoms with Gasteiger partial charge in [-0.2, -0.15) is 0 Å². The van der Waals surface area contributed by atoms with E-state index in [0.717, 1.165) is 32.0 Å². The number of ether oxygens (including phenoxy) is 3. The van der Waals surface area contributed by atoms with Gasteiger partial charge in [0, 0.05) is 38.1 Å². The monoisotopic (exact) mass is 393 g/mol. The highest BCUT2D eigenvalue weighted by Gasteiger charge is 2.20. The van der Waals surface area contributed by atoms with Crippen molar-refractivity contribution >= 4 is 23.2 Å². The highest BCUT2D eigenvalue weighted by Crippen LogP contribution is 2.19. The van der Waals surface area contributed by atoms with E-state index in [4.69, 9.17) is 14.2 Å². The van der Waals surface area contributed by atoms with Crippen LogP contribution < -0.4 is 10.2 Å². The summed E-state index contributed by atoms with van der Waals surface area (Å²) in [6, 6.07) is 7.68. The number of hydrogen-bond acceptors (Lipinski definition) is 6. The first-order chi connectivity index (χ1) is 13.5. The number of hydrogen-bond donors (Lipinski definition) is 1. The summed E-state index contributed by atoms with van der Waals surface area (Å²) in [5.74, 6) is -0.495. The van der Waals surface area contributed by atoms with Crippen LogP contribution in [0.1, 0.15) is 13.8 Å². The van der Waals surface area contributed by atoms with Gasteiger partial charge in [-0.3, -0.25) is 9.59 Å². The van der Waals surface area contributed by atoms with E-state index in [1.54, 1.807) is 14.0 Å². The van der Waals surface area contributed by atoms with Crippen molar-refractivity contribution in [3.63, 3.8) is 0 Å². The van der Waals surface area contributed by atoms with Gasteiger partial charge < -0.3 is 29.3 Å². The fourth-order valence-corrected chi connectivity index (χ4v) is 2.88. The Morgan fingerprint density at radius 3 is 2.54 bits per heavy atom. The molecule has 1 aromatic rings. The van der Waals surface area contributed by atoms with E-state index < -0.39 is 6.10 Å². The minimum atomic E-state index is -0.619. The van der Waals surface area contributed by atoms with E-state index in [2.05, 4.69) is 10.2 Å². The lowest BCUT2D eigenvalue weighted by atomic mass is 10.2. The Morgan fingerprint density at radius 1 is 1.21 bits per heavy atom. The molecule has 8 nitrogen and oxygen atoms in total. The van der Waals surface area contributed by atoms with Crippen molar-refractivity contribution < 1.29 is 23.8 Å². The zero-order chi connectivity index (χ0) is 20.4. The smallest absolute Gasteiger partial charge is 0.251 e. The summed E-state index contributed by atoms with van der Waals surface area (Å²) in [4.78, 5) is 28.1. The lowest BCUT2D eigenvalue weighted by Crippen LogP contribution is -2.41. The topological polar surface area (TPSA) is 80.3 Å². The van der Waals surface area contributed by atoms with Crippen molar-refractivity contribution in [3.8, 4) is 0 Å². The maximum atomic E-state index is 12.3. The zero-order valence-electron chi connectivity index (χ0n) is 17.0. The maximum Gasteiger partial charge on any atom is 0.251 e. The van der Waals surface area contributed by atoms with Crippen LogP contribution in [0.4, 0.5) is 11.4 Å². The van der Waals surface area contributed by atoms with E-state index >= 15 is 0 Å². The Hall–Kier alpha value is -2.16. The van der Waals surface area contributed by atoms with E-state index in [9.17, 15) is 9.59 Å². The second kappa shape index (κ2) is 11.6. The summed E-state index contributed by atoms with van der Waals surface area (Å²) in [6.07, 6.45) is -0.619. The molecule has 2 rings (SSSR count). The van der Waals surface area contributed by atoms with E-state index in [0.29, 0.717) is 25.5 Å². The predicted molar refractivity (Wildman–Crippen MR) is 108 cm³/mol. The highest BCUT2D eigenvalue weighted by molar-refractivity contribution is 5.95. The molecule has 28 heavy (non-hydrogen) atoms. The molecule has 1 aliphatic rings. The molecule has 1 aliphatic heterocycles. The third kappa shape index (κ3) is 7.10. The first-order valence-electron chi connectivity index (χ1n) is 9.68. The van der Waals surface area contributed by atoms with Gasteiger partial charge in [0.05, 0.1) is 33.0 Å². The minimum absolute atomic E-state index is 0.0385. The third-order valence-electron chi connectivity index (χ3n) is 4.43. The summed E-state index contributed by atoms with van der Waals surface area (Å²) in [6.45, 7) is 8.12. The van der Waals surface area contributed by atoms with Gasteiger partial charge in [-0.05, 0) is 38.1 Å². The Bertz CT molecular complexity index is 617. The van der Waals surface area contributed by atoms with Gasteiger partial charge >= 0.3 is 0 Å². The van der Waals surface area contributed by atoms with Crippen molar-refractivity contribution in [1.29, 1.82) is 0 Å². The van der Waals surface area contributed by atoms with Crippen LogP contribution in [-0.2, 0) is 23.8 Å². The van der Waals surface area contributed by atoms with Crippen LogP contribution in [0.15, 0.2) is 24.3 Å². The summed E-state index contributed by atoms with van der Waals surface area (Å²) < 4.78 is 16.0. The first kappa shape index (κ1) is 22.1. The molecule has 8 heteroatoms. The standard InChI is InChI=1S/C20H31N3O5/c1-4-26-13-14-28-16(2)20(25)22(3)15-19(24)21-17-5-7-18(8-6-17)23-9-11-27-12-10-23/h5-8,16H,4,9-15H2,1-3H3,(H,21,24). The van der Waals surface area contributed by atoms with Crippen LogP contribution in [0.2, 0.25) is 0 Å². The number of amides is 2. The van der Waals surface area contributed by atoms with Crippen LogP contribution in [-0.4, -0.2) is 82.5 Å². The zero-order valence-corrected chi connectivity index (χ0v) is 17.0. The summed E-state index contributed by atoms with van der Waals surface area (Å²) in [7, 11) is 1.59. The lowest BCUT2D eigenvalue weighted by molar-refractivity contribution is -0.144. The second-order valence-corrected chi connectivity index (χ2v) is 6.60. The van der Waals surface area contributed by atoms with E-state index in [1.165, 1.54) is 4.90 Å². The molecule has 0 aromatic heterocycles. The largest absolute Gasteiger partial charge is 0.379 e. The number of carbonyl (C=O) groups excluding carboxylic acids is 2. The quantitative estimate of drug-likeness (QED) is 0.605.